The van der Waals surface area contributed by atoms with Gasteiger partial charge in [0.25, 0.3) is 0 Å². The number of benzene rings is 1. The highest BCUT2D eigenvalue weighted by Gasteiger charge is 2.33. The van der Waals surface area contributed by atoms with Gasteiger partial charge in [0.1, 0.15) is 5.75 Å². The second-order valence-corrected chi connectivity index (χ2v) is 3.57. The average molecular weight is 256 g/mol. The van der Waals surface area contributed by atoms with Crippen molar-refractivity contribution in [2.45, 2.75) is 13.1 Å². The summed E-state index contributed by atoms with van der Waals surface area (Å²) in [6.07, 6.45) is -3.14. The van der Waals surface area contributed by atoms with Crippen molar-refractivity contribution >= 4 is 0 Å². The number of halogens is 3. The van der Waals surface area contributed by atoms with Crippen molar-refractivity contribution in [3.63, 3.8) is 0 Å². The van der Waals surface area contributed by atoms with Crippen LogP contribution in [0.1, 0.15) is 12.6 Å². The Morgan fingerprint density at radius 3 is 2.33 bits per heavy atom. The van der Waals surface area contributed by atoms with Crippen LogP contribution in [0.4, 0.5) is 13.2 Å². The van der Waals surface area contributed by atoms with Gasteiger partial charge in [0, 0.05) is 6.20 Å². The minimum Gasteiger partial charge on any atom is -0.494 e. The molecule has 6 heteroatoms. The Balaban J connectivity index is 2.23. The number of nitrogens with zero attached hydrogens (tertiary/aromatic N) is 2. The summed E-state index contributed by atoms with van der Waals surface area (Å²) in [5, 5.41) is 3.48. The van der Waals surface area contributed by atoms with E-state index in [0.29, 0.717) is 18.0 Å². The number of alkyl halides is 3. The third kappa shape index (κ3) is 2.64. The highest BCUT2D eigenvalue weighted by Crippen LogP contribution is 2.28. The normalized spacial score (nSPS) is 11.6. The predicted molar refractivity (Wildman–Crippen MR) is 59.7 cm³/mol. The van der Waals surface area contributed by atoms with Gasteiger partial charge in [-0.05, 0) is 37.3 Å². The molecule has 0 saturated carbocycles. The van der Waals surface area contributed by atoms with Crippen LogP contribution < -0.4 is 4.74 Å². The molecule has 0 aliphatic rings. The van der Waals surface area contributed by atoms with E-state index in [9.17, 15) is 13.2 Å². The van der Waals surface area contributed by atoms with E-state index in [4.69, 9.17) is 4.74 Å². The fourth-order valence-electron chi connectivity index (χ4n) is 1.48. The quantitative estimate of drug-likeness (QED) is 0.842. The molecular weight excluding hydrogens is 245 g/mol. The van der Waals surface area contributed by atoms with Crippen LogP contribution in [0.3, 0.4) is 0 Å². The minimum atomic E-state index is -4.42. The second-order valence-electron chi connectivity index (χ2n) is 3.57. The third-order valence-electron chi connectivity index (χ3n) is 2.29. The number of aromatic nitrogens is 2. The molecule has 0 aliphatic carbocycles. The van der Waals surface area contributed by atoms with Crippen LogP contribution in [-0.4, -0.2) is 16.4 Å². The molecule has 0 spiro atoms. The van der Waals surface area contributed by atoms with E-state index in [1.807, 2.05) is 6.92 Å². The van der Waals surface area contributed by atoms with Gasteiger partial charge in [0.05, 0.1) is 12.3 Å². The average Bonchev–Trinajstić information content (AvgIpc) is 2.79. The Labute approximate surface area is 102 Å². The van der Waals surface area contributed by atoms with E-state index in [1.54, 1.807) is 24.3 Å². The molecule has 96 valence electrons. The maximum absolute atomic E-state index is 12.4. The highest BCUT2D eigenvalue weighted by molar-refractivity contribution is 5.37. The number of ether oxygens (including phenoxy) is 1. The Kier molecular flexibility index (Phi) is 3.27. The fourth-order valence-corrected chi connectivity index (χ4v) is 1.48. The predicted octanol–water partition coefficient (Wildman–Crippen LogP) is 3.29. The Morgan fingerprint density at radius 2 is 1.83 bits per heavy atom. The van der Waals surface area contributed by atoms with Crippen LogP contribution in [0.5, 0.6) is 5.75 Å². The summed E-state index contributed by atoms with van der Waals surface area (Å²) in [5.74, 6) is 0.671. The van der Waals surface area contributed by atoms with E-state index < -0.39 is 11.9 Å². The summed E-state index contributed by atoms with van der Waals surface area (Å²) in [4.78, 5) is 0. The molecule has 0 saturated heterocycles. The van der Waals surface area contributed by atoms with Gasteiger partial charge in [-0.2, -0.15) is 18.3 Å². The molecule has 0 N–H and O–H groups in total. The van der Waals surface area contributed by atoms with Crippen molar-refractivity contribution in [3.05, 3.63) is 42.2 Å². The second kappa shape index (κ2) is 4.72. The lowest BCUT2D eigenvalue weighted by Gasteiger charge is -2.05. The van der Waals surface area contributed by atoms with E-state index in [-0.39, 0.29) is 0 Å². The summed E-state index contributed by atoms with van der Waals surface area (Å²) >= 11 is 0. The van der Waals surface area contributed by atoms with Crippen LogP contribution in [0, 0.1) is 0 Å². The standard InChI is InChI=1S/C12H11F3N2O/c1-2-18-10-5-3-9(4-6-10)17-8-7-11(16-17)12(13,14)15/h3-8H,2H2,1H3. The topological polar surface area (TPSA) is 27.1 Å². The smallest absolute Gasteiger partial charge is 0.435 e. The van der Waals surface area contributed by atoms with Crippen LogP contribution in [0.25, 0.3) is 5.69 Å². The third-order valence-corrected chi connectivity index (χ3v) is 2.29. The summed E-state index contributed by atoms with van der Waals surface area (Å²) in [6, 6.07) is 7.62. The van der Waals surface area contributed by atoms with E-state index in [1.165, 1.54) is 10.9 Å². The maximum Gasteiger partial charge on any atom is 0.435 e. The number of hydrogen-bond acceptors (Lipinski definition) is 2. The first-order valence-corrected chi connectivity index (χ1v) is 5.37. The Hall–Kier alpha value is -1.98. The fraction of sp³-hybridized carbons (Fsp3) is 0.250. The lowest BCUT2D eigenvalue weighted by atomic mass is 10.3. The first kappa shape index (κ1) is 12.5. The summed E-state index contributed by atoms with van der Waals surface area (Å²) < 4.78 is 43.6. The molecule has 0 aliphatic heterocycles. The van der Waals surface area contributed by atoms with Crippen molar-refractivity contribution in [1.29, 1.82) is 0 Å². The molecule has 1 aromatic carbocycles. The van der Waals surface area contributed by atoms with E-state index in [0.717, 1.165) is 6.07 Å². The molecule has 0 radical (unpaired) electrons. The zero-order chi connectivity index (χ0) is 13.2. The minimum absolute atomic E-state index is 0.541. The monoisotopic (exact) mass is 256 g/mol. The van der Waals surface area contributed by atoms with Crippen LogP contribution in [-0.2, 0) is 6.18 Å². The largest absolute Gasteiger partial charge is 0.494 e. The van der Waals surface area contributed by atoms with Gasteiger partial charge >= 0.3 is 6.18 Å². The van der Waals surface area contributed by atoms with Crippen molar-refractivity contribution in [2.75, 3.05) is 6.61 Å². The van der Waals surface area contributed by atoms with Crippen LogP contribution >= 0.6 is 0 Å². The van der Waals surface area contributed by atoms with E-state index >= 15 is 0 Å². The molecular formula is C12H11F3N2O. The summed E-state index contributed by atoms with van der Waals surface area (Å²) in [5.41, 5.74) is -0.356. The molecule has 18 heavy (non-hydrogen) atoms. The lowest BCUT2D eigenvalue weighted by molar-refractivity contribution is -0.141. The zero-order valence-electron chi connectivity index (χ0n) is 9.61. The zero-order valence-corrected chi connectivity index (χ0v) is 9.61. The van der Waals surface area contributed by atoms with Crippen molar-refractivity contribution in [2.24, 2.45) is 0 Å². The molecule has 0 amide bonds. The molecule has 0 unspecified atom stereocenters. The Morgan fingerprint density at radius 1 is 1.17 bits per heavy atom. The summed E-state index contributed by atoms with van der Waals surface area (Å²) in [6.45, 7) is 2.40. The maximum atomic E-state index is 12.4. The van der Waals surface area contributed by atoms with Crippen molar-refractivity contribution in [3.8, 4) is 11.4 Å². The highest BCUT2D eigenvalue weighted by atomic mass is 19.4. The first-order valence-electron chi connectivity index (χ1n) is 5.37. The molecule has 1 heterocycles. The van der Waals surface area contributed by atoms with E-state index in [2.05, 4.69) is 5.10 Å². The van der Waals surface area contributed by atoms with Crippen LogP contribution in [0.2, 0.25) is 0 Å². The van der Waals surface area contributed by atoms with Gasteiger partial charge in [-0.3, -0.25) is 0 Å². The summed E-state index contributed by atoms with van der Waals surface area (Å²) in [7, 11) is 0. The van der Waals surface area contributed by atoms with Gasteiger partial charge in [-0.25, -0.2) is 4.68 Å². The SMILES string of the molecule is CCOc1ccc(-n2ccc(C(F)(F)F)n2)cc1. The van der Waals surface area contributed by atoms with Gasteiger partial charge in [0.2, 0.25) is 0 Å². The van der Waals surface area contributed by atoms with Gasteiger partial charge in [-0.15, -0.1) is 0 Å². The van der Waals surface area contributed by atoms with Crippen molar-refractivity contribution < 1.29 is 17.9 Å². The molecule has 0 bridgehead atoms. The number of rotatable bonds is 3. The molecule has 0 atom stereocenters. The molecule has 0 fully saturated rings. The van der Waals surface area contributed by atoms with Crippen LogP contribution in [0.15, 0.2) is 36.5 Å². The molecule has 1 aromatic heterocycles. The first-order chi connectivity index (χ1) is 8.50. The van der Waals surface area contributed by atoms with Gasteiger partial charge in [-0.1, -0.05) is 0 Å². The molecule has 3 nitrogen and oxygen atoms in total. The Bertz CT molecular complexity index is 517. The van der Waals surface area contributed by atoms with Crippen molar-refractivity contribution in [1.82, 2.24) is 9.78 Å². The lowest BCUT2D eigenvalue weighted by Crippen LogP contribution is -2.07. The molecule has 2 aromatic rings. The number of hydrogen-bond donors (Lipinski definition) is 0. The van der Waals surface area contributed by atoms with Gasteiger partial charge in [0.15, 0.2) is 5.69 Å². The molecule has 2 rings (SSSR count). The van der Waals surface area contributed by atoms with Gasteiger partial charge < -0.3 is 4.74 Å².